The zero-order chi connectivity index (χ0) is 8.27. The van der Waals surface area contributed by atoms with Crippen LogP contribution in [0.1, 0.15) is 11.1 Å². The van der Waals surface area contributed by atoms with Crippen LogP contribution in [0.3, 0.4) is 0 Å². The molecule has 0 N–H and O–H groups in total. The van der Waals surface area contributed by atoms with E-state index >= 15 is 0 Å². The van der Waals surface area contributed by atoms with Crippen molar-refractivity contribution in [3.63, 3.8) is 0 Å². The van der Waals surface area contributed by atoms with Crippen LogP contribution in [0.25, 0.3) is 6.08 Å². The second kappa shape index (κ2) is 3.43. The Kier molecular flexibility index (Phi) is 2.53. The van der Waals surface area contributed by atoms with Gasteiger partial charge >= 0.3 is 0 Å². The summed E-state index contributed by atoms with van der Waals surface area (Å²) in [6.07, 6.45) is 1.89. The van der Waals surface area contributed by atoms with Crippen LogP contribution in [0, 0.1) is 6.92 Å². The van der Waals surface area contributed by atoms with Crippen molar-refractivity contribution in [2.75, 3.05) is 0 Å². The summed E-state index contributed by atoms with van der Waals surface area (Å²) in [6.45, 7) is 7.92. The Morgan fingerprint density at radius 3 is 2.73 bits per heavy atom. The van der Waals surface area contributed by atoms with Gasteiger partial charge in [-0.15, -0.1) is 0 Å². The van der Waals surface area contributed by atoms with E-state index in [1.165, 1.54) is 16.6 Å². The van der Waals surface area contributed by atoms with Gasteiger partial charge in [0.2, 0.25) is 0 Å². The average molecular weight is 143 g/mol. The molecule has 1 radical (unpaired) electrons. The van der Waals surface area contributed by atoms with Gasteiger partial charge in [-0.05, 0) is 12.5 Å². The van der Waals surface area contributed by atoms with Gasteiger partial charge in [-0.2, -0.15) is 0 Å². The predicted octanol–water partition coefficient (Wildman–Crippen LogP) is 2.02. The Morgan fingerprint density at radius 2 is 2.18 bits per heavy atom. The Labute approximate surface area is 69.2 Å². The van der Waals surface area contributed by atoms with Crippen LogP contribution in [-0.4, -0.2) is 7.28 Å². The first-order valence-electron chi connectivity index (χ1n) is 3.81. The minimum absolute atomic E-state index is 1.22. The third-order valence-corrected chi connectivity index (χ3v) is 1.95. The monoisotopic (exact) mass is 143 g/mol. The van der Waals surface area contributed by atoms with Crippen molar-refractivity contribution >= 4 is 18.8 Å². The van der Waals surface area contributed by atoms with Crippen molar-refractivity contribution < 1.29 is 0 Å². The number of hydrogen-bond donors (Lipinski definition) is 0. The van der Waals surface area contributed by atoms with Gasteiger partial charge in [0.1, 0.15) is 7.28 Å². The molecule has 1 rings (SSSR count). The van der Waals surface area contributed by atoms with E-state index in [1.54, 1.807) is 0 Å². The molecule has 0 aliphatic rings. The van der Waals surface area contributed by atoms with Crippen molar-refractivity contribution in [2.24, 2.45) is 0 Å². The van der Waals surface area contributed by atoms with Crippen LogP contribution >= 0.6 is 0 Å². The molecule has 0 aliphatic heterocycles. The minimum atomic E-state index is 1.22. The molecule has 0 aliphatic carbocycles. The lowest BCUT2D eigenvalue weighted by Gasteiger charge is -2.04. The van der Waals surface area contributed by atoms with Crippen LogP contribution in [0.4, 0.5) is 0 Å². The van der Waals surface area contributed by atoms with E-state index in [4.69, 9.17) is 0 Å². The number of hydrogen-bond acceptors (Lipinski definition) is 0. The SMILES string of the molecule is C=Cc1cccc([B]C)c1C. The van der Waals surface area contributed by atoms with E-state index in [9.17, 15) is 0 Å². The van der Waals surface area contributed by atoms with Crippen LogP contribution in [0.2, 0.25) is 6.82 Å². The van der Waals surface area contributed by atoms with E-state index in [0.717, 1.165) is 0 Å². The molecule has 0 saturated carbocycles. The average Bonchev–Trinajstić information content (AvgIpc) is 2.05. The third kappa shape index (κ3) is 1.54. The molecule has 0 atom stereocenters. The van der Waals surface area contributed by atoms with Crippen molar-refractivity contribution in [2.45, 2.75) is 13.7 Å². The minimum Gasteiger partial charge on any atom is -0.0985 e. The highest BCUT2D eigenvalue weighted by Gasteiger charge is 1.97. The molecule has 0 nitrogen and oxygen atoms in total. The summed E-state index contributed by atoms with van der Waals surface area (Å²) in [7, 11) is 2.11. The molecular formula is C10H12B. The van der Waals surface area contributed by atoms with Gasteiger partial charge in [0.15, 0.2) is 0 Å². The number of rotatable bonds is 2. The lowest BCUT2D eigenvalue weighted by Crippen LogP contribution is -2.14. The summed E-state index contributed by atoms with van der Waals surface area (Å²) in [4.78, 5) is 0. The molecule has 0 aromatic heterocycles. The molecule has 0 saturated heterocycles. The summed E-state index contributed by atoms with van der Waals surface area (Å²) in [5.74, 6) is 0. The first kappa shape index (κ1) is 8.12. The van der Waals surface area contributed by atoms with Crippen molar-refractivity contribution in [3.05, 3.63) is 35.9 Å². The summed E-state index contributed by atoms with van der Waals surface area (Å²) in [5.41, 5.74) is 3.83. The van der Waals surface area contributed by atoms with Gasteiger partial charge in [0, 0.05) is 0 Å². The largest absolute Gasteiger partial charge is 0.148 e. The molecule has 0 bridgehead atoms. The molecule has 55 valence electrons. The molecule has 0 heterocycles. The normalized spacial score (nSPS) is 9.27. The number of benzene rings is 1. The Morgan fingerprint density at radius 1 is 1.45 bits per heavy atom. The lowest BCUT2D eigenvalue weighted by atomic mass is 9.70. The maximum atomic E-state index is 3.75. The van der Waals surface area contributed by atoms with E-state index in [0.29, 0.717) is 0 Å². The van der Waals surface area contributed by atoms with Gasteiger partial charge < -0.3 is 0 Å². The van der Waals surface area contributed by atoms with Crippen LogP contribution in [-0.2, 0) is 0 Å². The van der Waals surface area contributed by atoms with Gasteiger partial charge in [0.05, 0.1) is 0 Å². The van der Waals surface area contributed by atoms with Crippen LogP contribution in [0.5, 0.6) is 0 Å². The highest BCUT2D eigenvalue weighted by atomic mass is 14.0. The van der Waals surface area contributed by atoms with Gasteiger partial charge in [-0.1, -0.05) is 48.7 Å². The van der Waals surface area contributed by atoms with Crippen LogP contribution < -0.4 is 5.46 Å². The van der Waals surface area contributed by atoms with E-state index in [-0.39, 0.29) is 0 Å². The molecule has 1 heteroatoms. The smallest absolute Gasteiger partial charge is 0.0985 e. The van der Waals surface area contributed by atoms with E-state index < -0.39 is 0 Å². The molecule has 1 aromatic carbocycles. The van der Waals surface area contributed by atoms with Gasteiger partial charge in [-0.3, -0.25) is 0 Å². The Balaban J connectivity index is 3.20. The predicted molar refractivity (Wildman–Crippen MR) is 52.5 cm³/mol. The lowest BCUT2D eigenvalue weighted by molar-refractivity contribution is 1.48. The highest BCUT2D eigenvalue weighted by Crippen LogP contribution is 2.05. The fourth-order valence-corrected chi connectivity index (χ4v) is 1.21. The molecule has 0 amide bonds. The zero-order valence-electron chi connectivity index (χ0n) is 7.09. The van der Waals surface area contributed by atoms with E-state index in [1.807, 2.05) is 6.08 Å². The fourth-order valence-electron chi connectivity index (χ4n) is 1.21. The van der Waals surface area contributed by atoms with Gasteiger partial charge in [0.25, 0.3) is 0 Å². The second-order valence-electron chi connectivity index (χ2n) is 2.55. The quantitative estimate of drug-likeness (QED) is 0.555. The summed E-state index contributed by atoms with van der Waals surface area (Å²) in [6, 6.07) is 6.25. The van der Waals surface area contributed by atoms with Crippen molar-refractivity contribution in [1.82, 2.24) is 0 Å². The summed E-state index contributed by atoms with van der Waals surface area (Å²) in [5, 5.41) is 0. The van der Waals surface area contributed by atoms with Crippen molar-refractivity contribution in [1.29, 1.82) is 0 Å². The van der Waals surface area contributed by atoms with Gasteiger partial charge in [-0.25, -0.2) is 0 Å². The Hall–Kier alpha value is -0.975. The first-order chi connectivity index (χ1) is 5.29. The molecule has 0 spiro atoms. The molecule has 11 heavy (non-hydrogen) atoms. The van der Waals surface area contributed by atoms with Crippen LogP contribution in [0.15, 0.2) is 24.8 Å². The molecular weight excluding hydrogens is 131 g/mol. The zero-order valence-corrected chi connectivity index (χ0v) is 7.09. The van der Waals surface area contributed by atoms with E-state index in [2.05, 4.69) is 45.8 Å². The molecule has 0 unspecified atom stereocenters. The van der Waals surface area contributed by atoms with Crippen molar-refractivity contribution in [3.8, 4) is 0 Å². The molecule has 1 aromatic rings. The first-order valence-corrected chi connectivity index (χ1v) is 3.81. The standard InChI is InChI=1S/C10H12B/c1-4-9-6-5-7-10(11-3)8(9)2/h4-7H,1H2,2-3H3. The fraction of sp³-hybridized carbons (Fsp3) is 0.200. The summed E-state index contributed by atoms with van der Waals surface area (Å²) >= 11 is 0. The Bertz CT molecular complexity index is 264. The topological polar surface area (TPSA) is 0 Å². The third-order valence-electron chi connectivity index (χ3n) is 1.95. The second-order valence-corrected chi connectivity index (χ2v) is 2.55. The maximum Gasteiger partial charge on any atom is 0.148 e. The maximum absolute atomic E-state index is 3.75. The summed E-state index contributed by atoms with van der Waals surface area (Å²) < 4.78 is 0. The highest BCUT2D eigenvalue weighted by molar-refractivity contribution is 6.52. The molecule has 0 fully saturated rings.